The van der Waals surface area contributed by atoms with Crippen LogP contribution in [0.4, 0.5) is 4.39 Å². The van der Waals surface area contributed by atoms with Gasteiger partial charge in [0.1, 0.15) is 22.8 Å². The maximum absolute atomic E-state index is 13.7. The molecule has 1 N–H and O–H groups in total. The number of hydrogen-bond acceptors (Lipinski definition) is 3. The topological polar surface area (TPSA) is 67.5 Å². The van der Waals surface area contributed by atoms with Crippen LogP contribution in [-0.2, 0) is 24.4 Å². The Hall–Kier alpha value is -3.84. The summed E-state index contributed by atoms with van der Waals surface area (Å²) >= 11 is 5.97. The number of hydrogen-bond donors (Lipinski definition) is 1. The molecule has 2 amide bonds. The molecule has 0 saturated carbocycles. The summed E-state index contributed by atoms with van der Waals surface area (Å²) < 4.78 is 20.9. The number of carbonyl (C=O) groups is 2. The minimum absolute atomic E-state index is 0.158. The molecule has 6 nitrogen and oxygen atoms in total. The lowest BCUT2D eigenvalue weighted by atomic mass is 9.93. The summed E-state index contributed by atoms with van der Waals surface area (Å²) in [5, 5.41) is 3.59. The zero-order valence-electron chi connectivity index (χ0n) is 19.0. The number of amides is 2. The maximum atomic E-state index is 13.7. The molecule has 3 heterocycles. The summed E-state index contributed by atoms with van der Waals surface area (Å²) in [6, 6.07) is 20.3. The first-order chi connectivity index (χ1) is 16.8. The Bertz CT molecular complexity index is 1360. The van der Waals surface area contributed by atoms with Crippen molar-refractivity contribution in [1.29, 1.82) is 0 Å². The van der Waals surface area contributed by atoms with Gasteiger partial charge >= 0.3 is 0 Å². The lowest BCUT2D eigenvalue weighted by Crippen LogP contribution is -2.63. The Labute approximate surface area is 206 Å². The summed E-state index contributed by atoms with van der Waals surface area (Å²) in [5.74, 6) is -0.339. The molecule has 5 rings (SSSR count). The molecule has 4 aromatic rings. The highest BCUT2D eigenvalue weighted by atomic mass is 35.5. The molecule has 0 bridgehead atoms. The van der Waals surface area contributed by atoms with Crippen LogP contribution in [0, 0.1) is 5.82 Å². The molecule has 0 radical (unpaired) electrons. The minimum Gasteiger partial charge on any atom is -0.463 e. The zero-order chi connectivity index (χ0) is 24.6. The van der Waals surface area contributed by atoms with Gasteiger partial charge in [0.15, 0.2) is 0 Å². The minimum atomic E-state index is -1.22. The summed E-state index contributed by atoms with van der Waals surface area (Å²) in [7, 11) is 0. The summed E-state index contributed by atoms with van der Waals surface area (Å²) in [6.07, 6.45) is 1.57. The number of halogens is 2. The van der Waals surface area contributed by atoms with Crippen molar-refractivity contribution in [3.8, 4) is 11.5 Å². The van der Waals surface area contributed by atoms with Crippen molar-refractivity contribution in [3.05, 3.63) is 107 Å². The largest absolute Gasteiger partial charge is 0.463 e. The van der Waals surface area contributed by atoms with E-state index in [0.717, 1.165) is 16.8 Å². The fourth-order valence-electron chi connectivity index (χ4n) is 4.41. The van der Waals surface area contributed by atoms with E-state index in [9.17, 15) is 14.0 Å². The molecule has 0 unspecified atom stereocenters. The summed E-state index contributed by atoms with van der Waals surface area (Å²) in [6.45, 7) is 2.42. The molecule has 1 aliphatic rings. The average Bonchev–Trinajstić information content (AvgIpc) is 3.52. The fourth-order valence-corrected chi connectivity index (χ4v) is 4.53. The van der Waals surface area contributed by atoms with Crippen molar-refractivity contribution in [3.63, 3.8) is 0 Å². The second-order valence-corrected chi connectivity index (χ2v) is 9.20. The molecule has 0 saturated heterocycles. The van der Waals surface area contributed by atoms with Gasteiger partial charge in [-0.05, 0) is 66.6 Å². The van der Waals surface area contributed by atoms with E-state index in [1.165, 1.54) is 12.1 Å². The SMILES string of the molecule is C[C@@]1(C(=O)NCc2ccc(Cl)cc2)Cn2c(ccc2-c2ccco2)C(=O)N1Cc1ccc(F)cc1. The zero-order valence-corrected chi connectivity index (χ0v) is 19.8. The number of carbonyl (C=O) groups excluding carboxylic acids is 2. The molecule has 0 spiro atoms. The molecular formula is C27H23ClFN3O3. The second-order valence-electron chi connectivity index (χ2n) is 8.77. The van der Waals surface area contributed by atoms with Crippen molar-refractivity contribution >= 4 is 23.4 Å². The van der Waals surface area contributed by atoms with Gasteiger partial charge in [0, 0.05) is 18.1 Å². The Balaban J connectivity index is 1.50. The number of aromatic nitrogens is 1. The van der Waals surface area contributed by atoms with E-state index >= 15 is 0 Å². The molecule has 35 heavy (non-hydrogen) atoms. The third-order valence-electron chi connectivity index (χ3n) is 6.39. The Morgan fingerprint density at radius 1 is 1.03 bits per heavy atom. The van der Waals surface area contributed by atoms with Crippen LogP contribution in [0.5, 0.6) is 0 Å². The third kappa shape index (κ3) is 4.35. The van der Waals surface area contributed by atoms with Crippen LogP contribution in [0.25, 0.3) is 11.5 Å². The average molecular weight is 492 g/mol. The van der Waals surface area contributed by atoms with Crippen molar-refractivity contribution in [2.75, 3.05) is 0 Å². The summed E-state index contributed by atoms with van der Waals surface area (Å²) in [4.78, 5) is 28.9. The molecule has 2 aromatic carbocycles. The Kier molecular flexibility index (Phi) is 5.94. The predicted molar refractivity (Wildman–Crippen MR) is 130 cm³/mol. The van der Waals surface area contributed by atoms with E-state index in [4.69, 9.17) is 16.0 Å². The highest BCUT2D eigenvalue weighted by Crippen LogP contribution is 2.34. The van der Waals surface area contributed by atoms with E-state index in [2.05, 4.69) is 5.32 Å². The Morgan fingerprint density at radius 3 is 2.40 bits per heavy atom. The molecule has 2 aromatic heterocycles. The van der Waals surface area contributed by atoms with Crippen molar-refractivity contribution in [1.82, 2.24) is 14.8 Å². The van der Waals surface area contributed by atoms with Gasteiger partial charge in [0.2, 0.25) is 5.91 Å². The van der Waals surface area contributed by atoms with Crippen LogP contribution < -0.4 is 5.32 Å². The van der Waals surface area contributed by atoms with E-state index in [0.29, 0.717) is 16.5 Å². The van der Waals surface area contributed by atoms with Gasteiger partial charge < -0.3 is 19.2 Å². The number of rotatable bonds is 6. The first-order valence-corrected chi connectivity index (χ1v) is 11.6. The molecule has 0 fully saturated rings. The van der Waals surface area contributed by atoms with Gasteiger partial charge in [0.05, 0.1) is 18.5 Å². The van der Waals surface area contributed by atoms with Crippen molar-refractivity contribution in [2.24, 2.45) is 0 Å². The molecular weight excluding hydrogens is 469 g/mol. The highest BCUT2D eigenvalue weighted by Gasteiger charge is 2.47. The molecule has 0 aliphatic carbocycles. The third-order valence-corrected chi connectivity index (χ3v) is 6.64. The van der Waals surface area contributed by atoms with Gasteiger partial charge in [0.25, 0.3) is 5.91 Å². The summed E-state index contributed by atoms with van der Waals surface area (Å²) in [5.41, 5.74) is 1.57. The van der Waals surface area contributed by atoms with Crippen LogP contribution >= 0.6 is 11.6 Å². The number of nitrogens with zero attached hydrogens (tertiary/aromatic N) is 2. The standard InChI is InChI=1S/C27H23ClFN3O3/c1-27(26(34)30-15-18-4-8-20(28)9-5-18)17-31-22(24-3-2-14-35-24)12-13-23(31)25(33)32(27)16-19-6-10-21(29)11-7-19/h2-14H,15-17H2,1H3,(H,30,34)/t27-/m0/s1. The maximum Gasteiger partial charge on any atom is 0.271 e. The van der Waals surface area contributed by atoms with Gasteiger partial charge in [-0.1, -0.05) is 35.9 Å². The van der Waals surface area contributed by atoms with Gasteiger partial charge in [-0.15, -0.1) is 0 Å². The monoisotopic (exact) mass is 491 g/mol. The number of furan rings is 1. The quantitative estimate of drug-likeness (QED) is 0.399. The van der Waals surface area contributed by atoms with Crippen molar-refractivity contribution in [2.45, 2.75) is 32.1 Å². The lowest BCUT2D eigenvalue weighted by Gasteiger charge is -2.44. The predicted octanol–water partition coefficient (Wildman–Crippen LogP) is 5.27. The number of nitrogens with one attached hydrogen (secondary N) is 1. The Morgan fingerprint density at radius 2 is 1.71 bits per heavy atom. The molecule has 1 aliphatic heterocycles. The molecule has 178 valence electrons. The highest BCUT2D eigenvalue weighted by molar-refractivity contribution is 6.30. The van der Waals surface area contributed by atoms with Crippen LogP contribution in [0.3, 0.4) is 0 Å². The van der Waals surface area contributed by atoms with Crippen molar-refractivity contribution < 1.29 is 18.4 Å². The molecule has 1 atom stereocenters. The van der Waals surface area contributed by atoms with Crippen LogP contribution in [-0.4, -0.2) is 26.8 Å². The van der Waals surface area contributed by atoms with Gasteiger partial charge in [-0.3, -0.25) is 9.59 Å². The molecule has 8 heteroatoms. The van der Waals surface area contributed by atoms with E-state index in [-0.39, 0.29) is 37.3 Å². The first-order valence-electron chi connectivity index (χ1n) is 11.2. The lowest BCUT2D eigenvalue weighted by molar-refractivity contribution is -0.133. The second kappa shape index (κ2) is 9.07. The van der Waals surface area contributed by atoms with E-state index < -0.39 is 5.54 Å². The normalized spacial score (nSPS) is 17.3. The fraction of sp³-hybridized carbons (Fsp3) is 0.185. The van der Waals surface area contributed by atoms with Crippen LogP contribution in [0.15, 0.2) is 83.5 Å². The van der Waals surface area contributed by atoms with E-state index in [1.807, 2.05) is 28.8 Å². The van der Waals surface area contributed by atoms with Crippen LogP contribution in [0.1, 0.15) is 28.5 Å². The number of benzene rings is 2. The van der Waals surface area contributed by atoms with Gasteiger partial charge in [-0.2, -0.15) is 0 Å². The van der Waals surface area contributed by atoms with E-state index in [1.54, 1.807) is 54.5 Å². The van der Waals surface area contributed by atoms with Crippen LogP contribution in [0.2, 0.25) is 5.02 Å². The smallest absolute Gasteiger partial charge is 0.271 e. The van der Waals surface area contributed by atoms with Gasteiger partial charge in [-0.25, -0.2) is 4.39 Å². The number of fused-ring (bicyclic) bond motifs is 1. The first kappa shape index (κ1) is 22.9.